The maximum Gasteiger partial charge on any atom is 0.294 e. The molecule has 0 aromatic heterocycles. The third-order valence-corrected chi connectivity index (χ3v) is 19.1. The largest absolute Gasteiger partial charge is 0.460 e. The van der Waals surface area contributed by atoms with Gasteiger partial charge in [0.2, 0.25) is 11.6 Å². The molecule has 20 nitrogen and oxygen atoms in total. The minimum atomic E-state index is -4.69. The third-order valence-electron chi connectivity index (χ3n) is 16.0. The van der Waals surface area contributed by atoms with Crippen LogP contribution in [0.15, 0.2) is 117 Å². The monoisotopic (exact) mass is 1140 g/mol. The van der Waals surface area contributed by atoms with Crippen molar-refractivity contribution >= 4 is 75.3 Å². The summed E-state index contributed by atoms with van der Waals surface area (Å²) in [5.41, 5.74) is 2.61. The molecular formula is C53H61N4O16S4+. The number of carbonyl (C=O) groups excluding carboxylic acids is 3. The minimum absolute atomic E-state index is 0.0255. The highest BCUT2D eigenvalue weighted by Gasteiger charge is 2.69. The zero-order chi connectivity index (χ0) is 56.4. The van der Waals surface area contributed by atoms with Gasteiger partial charge in [0.05, 0.1) is 26.4 Å². The van der Waals surface area contributed by atoms with Gasteiger partial charge in [0.25, 0.3) is 52.3 Å². The van der Waals surface area contributed by atoms with Crippen LogP contribution < -0.4 is 15.0 Å². The lowest BCUT2D eigenvalue weighted by Gasteiger charge is -2.49. The lowest BCUT2D eigenvalue weighted by atomic mass is 9.55. The van der Waals surface area contributed by atoms with E-state index in [0.29, 0.717) is 70.3 Å². The molecule has 4 aliphatic carbocycles. The molecule has 3 unspecified atom stereocenters. The van der Waals surface area contributed by atoms with E-state index in [1.165, 1.54) is 48.6 Å². The molecule has 7 aliphatic rings. The van der Waals surface area contributed by atoms with Crippen molar-refractivity contribution in [1.29, 1.82) is 0 Å². The number of anilines is 1. The van der Waals surface area contributed by atoms with E-state index in [1.807, 2.05) is 39.8 Å². The average Bonchev–Trinajstić information content (AvgIpc) is 3.96. The van der Waals surface area contributed by atoms with Crippen LogP contribution in [0.2, 0.25) is 0 Å². The Bertz CT molecular complexity index is 3700. The fraction of sp³-hybridized carbons (Fsp3) is 0.434. The Kier molecular flexibility index (Phi) is 13.7. The van der Waals surface area contributed by atoms with Gasteiger partial charge in [-0.1, -0.05) is 52.8 Å². The van der Waals surface area contributed by atoms with Crippen LogP contribution in [-0.2, 0) is 72.1 Å². The number of benzene rings is 3. The van der Waals surface area contributed by atoms with Crippen LogP contribution in [0, 0.1) is 22.7 Å². The smallest absolute Gasteiger partial charge is 0.294 e. The number of hydrogen-bond donors (Lipinski definition) is 5. The molecule has 3 aliphatic heterocycles. The zero-order valence-electron chi connectivity index (χ0n) is 43.4. The summed E-state index contributed by atoms with van der Waals surface area (Å²) in [6.45, 7) is 13.4. The predicted molar refractivity (Wildman–Crippen MR) is 283 cm³/mol. The van der Waals surface area contributed by atoms with Crippen molar-refractivity contribution in [3.05, 3.63) is 124 Å². The molecule has 0 radical (unpaired) electrons. The second-order valence-electron chi connectivity index (χ2n) is 22.6. The number of ether oxygens (including phenoxy) is 1. The first-order valence-corrected chi connectivity index (χ1v) is 31.0. The van der Waals surface area contributed by atoms with Crippen molar-refractivity contribution in [3.63, 3.8) is 0 Å². The number of allylic oxidation sites excluding steroid dienone is 5. The molecule has 1 saturated carbocycles. The number of carbonyl (C=O) groups is 3. The lowest BCUT2D eigenvalue weighted by molar-refractivity contribution is -0.432. The number of nitrogens with zero attached hydrogens (tertiary/aromatic N) is 3. The average molecular weight is 1140 g/mol. The molecule has 10 rings (SSSR count). The maximum atomic E-state index is 12.9. The van der Waals surface area contributed by atoms with Crippen LogP contribution in [0.4, 0.5) is 11.4 Å². The molecule has 24 heteroatoms. The highest BCUT2D eigenvalue weighted by atomic mass is 32.2. The minimum Gasteiger partial charge on any atom is -0.460 e. The fourth-order valence-electron chi connectivity index (χ4n) is 12.3. The first kappa shape index (κ1) is 55.9. The van der Waals surface area contributed by atoms with Gasteiger partial charge in [-0.05, 0) is 110 Å². The topological polar surface area (TPSA) is 299 Å². The van der Waals surface area contributed by atoms with Gasteiger partial charge in [-0.25, -0.2) is 0 Å². The molecule has 3 aromatic carbocycles. The molecule has 3 aromatic rings. The molecular weight excluding hydrogens is 1080 g/mol. The number of rotatable bonds is 17. The molecule has 3 heterocycles. The van der Waals surface area contributed by atoms with Crippen LogP contribution >= 0.6 is 0 Å². The number of amides is 3. The Balaban J connectivity index is 1.19. The Morgan fingerprint density at radius 1 is 0.766 bits per heavy atom. The van der Waals surface area contributed by atoms with Crippen LogP contribution in [0.1, 0.15) is 84.4 Å². The van der Waals surface area contributed by atoms with Crippen molar-refractivity contribution in [2.75, 3.05) is 42.6 Å². The Hall–Kier alpha value is -5.86. The van der Waals surface area contributed by atoms with Gasteiger partial charge >= 0.3 is 0 Å². The van der Waals surface area contributed by atoms with Crippen LogP contribution in [0.3, 0.4) is 0 Å². The molecule has 77 heavy (non-hydrogen) atoms. The first-order valence-electron chi connectivity index (χ1n) is 24.9. The Morgan fingerprint density at radius 3 is 1.95 bits per heavy atom. The summed E-state index contributed by atoms with van der Waals surface area (Å²) in [4.78, 5) is 38.8. The van der Waals surface area contributed by atoms with E-state index < -0.39 is 86.0 Å². The molecule has 1 fully saturated rings. The van der Waals surface area contributed by atoms with E-state index in [-0.39, 0.29) is 59.6 Å². The van der Waals surface area contributed by atoms with E-state index in [9.17, 15) is 66.3 Å². The number of fused-ring (bicyclic) bond motifs is 3. The van der Waals surface area contributed by atoms with Crippen molar-refractivity contribution in [2.45, 2.75) is 94.8 Å². The zero-order valence-corrected chi connectivity index (χ0v) is 46.7. The first-order chi connectivity index (χ1) is 35.5. The number of hydrogen-bond acceptors (Lipinski definition) is 13. The van der Waals surface area contributed by atoms with Crippen LogP contribution in [0.25, 0.3) is 0 Å². The van der Waals surface area contributed by atoms with Gasteiger partial charge in [-0.15, -0.1) is 0 Å². The summed E-state index contributed by atoms with van der Waals surface area (Å²) in [7, 11) is -18.5. The van der Waals surface area contributed by atoms with Crippen molar-refractivity contribution in [2.24, 2.45) is 22.7 Å². The van der Waals surface area contributed by atoms with Gasteiger partial charge in [0.15, 0.2) is 12.3 Å². The van der Waals surface area contributed by atoms with E-state index in [1.54, 1.807) is 21.6 Å². The van der Waals surface area contributed by atoms with Gasteiger partial charge in [0, 0.05) is 77.8 Å². The number of imide groups is 1. The normalized spacial score (nSPS) is 23.5. The van der Waals surface area contributed by atoms with Crippen LogP contribution in [-0.4, -0.2) is 122 Å². The number of nitrogens with one attached hydrogen (secondary N) is 1. The number of aryl methyl sites for hydroxylation is 1. The van der Waals surface area contributed by atoms with E-state index in [2.05, 4.69) is 32.2 Å². The van der Waals surface area contributed by atoms with Crippen LogP contribution in [0.5, 0.6) is 5.75 Å². The van der Waals surface area contributed by atoms with E-state index >= 15 is 0 Å². The molecule has 3 atom stereocenters. The summed E-state index contributed by atoms with van der Waals surface area (Å²) in [5.74, 6) is -2.18. The van der Waals surface area contributed by atoms with Gasteiger partial charge in [-0.3, -0.25) is 37.5 Å². The summed E-state index contributed by atoms with van der Waals surface area (Å²) in [5, 5.41) is 2.74. The molecule has 1 spiro atoms. The standard InChI is InChI=1S/C53H60N4O16S4/c1-50(2,3)37-29-36-35(47-51(4,5)39-26-33(76(67,68)69)13-15-42(39)55(47)22-24-74(61,62)63)28-38(37)53(49(36)73-32-11-8-31(9-12-32)10-17-44(58)54-20-21-57-45(59)18-19-46(57)60)30-41(53)48-52(6,7)40-27-34(77(70,71)72)14-16-43(40)56(48)23-25-75(64,65)66/h8-9,11-16,18-19,26-28,37-38H,10,17,20-25,29-30H2,1-7H3,(H4-,54,58,61,62,63,64,65,66,67,68,69,70,71,72)/p+1. The summed E-state index contributed by atoms with van der Waals surface area (Å²) >= 11 is 0. The quantitative estimate of drug-likeness (QED) is 0.0615. The third kappa shape index (κ3) is 10.4. The lowest BCUT2D eigenvalue weighted by Crippen LogP contribution is -2.46. The highest BCUT2D eigenvalue weighted by Crippen LogP contribution is 2.75. The molecule has 3 amide bonds. The van der Waals surface area contributed by atoms with Crippen molar-refractivity contribution in [3.8, 4) is 5.75 Å². The SMILES string of the molecule is CC1(C)C(=C2CC23C(Oc2ccc(CCC(=O)NCCN4C(=O)C=CC4=O)cc2)=C2CC(C(C)(C)C)C3C=C2C2=[N+](CCS(=O)(=O)O)c3ccc(S(=O)(=O)O)cc3C2(C)C)N(CCS(=O)(=O)O)c2ccc(S(=O)(=O)O)cc21. The molecule has 5 N–H and O–H groups in total. The molecule has 0 saturated heterocycles. The van der Waals surface area contributed by atoms with Crippen molar-refractivity contribution < 1.29 is 75.6 Å². The fourth-order valence-corrected chi connectivity index (χ4v) is 14.1. The Morgan fingerprint density at radius 2 is 1.36 bits per heavy atom. The van der Waals surface area contributed by atoms with E-state index in [4.69, 9.17) is 4.74 Å². The maximum absolute atomic E-state index is 12.9. The van der Waals surface area contributed by atoms with Gasteiger partial charge in [0.1, 0.15) is 17.3 Å². The van der Waals surface area contributed by atoms with E-state index in [0.717, 1.165) is 21.6 Å². The summed E-state index contributed by atoms with van der Waals surface area (Å²) in [6.07, 6.45) is 5.69. The Labute approximate surface area is 448 Å². The predicted octanol–water partition coefficient (Wildman–Crippen LogP) is 5.70. The van der Waals surface area contributed by atoms with Gasteiger partial charge < -0.3 is 15.0 Å². The van der Waals surface area contributed by atoms with Crippen molar-refractivity contribution in [1.82, 2.24) is 10.2 Å². The molecule has 2 bridgehead atoms. The second-order valence-corrected chi connectivity index (χ2v) is 28.6. The second kappa shape index (κ2) is 18.9. The summed E-state index contributed by atoms with van der Waals surface area (Å²) < 4.78 is 150. The summed E-state index contributed by atoms with van der Waals surface area (Å²) in [6, 6.07) is 15.3. The molecule has 412 valence electrons. The van der Waals surface area contributed by atoms with Gasteiger partial charge in [-0.2, -0.15) is 38.2 Å². The highest BCUT2D eigenvalue weighted by molar-refractivity contribution is 7.86.